The van der Waals surface area contributed by atoms with Crippen molar-refractivity contribution in [2.24, 2.45) is 16.9 Å². The largest absolute Gasteiger partial charge is 0.292 e. The highest BCUT2D eigenvalue weighted by molar-refractivity contribution is 6.25. The van der Waals surface area contributed by atoms with E-state index in [0.717, 1.165) is 17.0 Å². The van der Waals surface area contributed by atoms with Crippen LogP contribution in [0.1, 0.15) is 15.9 Å². The van der Waals surface area contributed by atoms with Gasteiger partial charge in [-0.1, -0.05) is 12.1 Å². The lowest BCUT2D eigenvalue weighted by Gasteiger charge is -2.30. The SMILES string of the molecule is Cc1ccc([N+](=O)[O-])cc1N1C(=O)[C@@H]2[C@H](C1=O)[C@@H]1C=CC=NN1[C@@H]2C(=O)c1ccc(F)cc1. The maximum absolute atomic E-state index is 13.6. The average molecular weight is 448 g/mol. The van der Waals surface area contributed by atoms with Gasteiger partial charge in [-0.05, 0) is 42.8 Å². The van der Waals surface area contributed by atoms with Gasteiger partial charge in [0, 0.05) is 23.9 Å². The first kappa shape index (κ1) is 20.7. The lowest BCUT2D eigenvalue weighted by atomic mass is 9.86. The molecule has 3 aliphatic rings. The second-order valence-corrected chi connectivity index (χ2v) is 8.13. The molecule has 3 aliphatic heterocycles. The number of carbonyl (C=O) groups excluding carboxylic acids is 3. The minimum Gasteiger partial charge on any atom is -0.292 e. The highest BCUT2D eigenvalue weighted by atomic mass is 19.1. The second kappa shape index (κ2) is 7.44. The van der Waals surface area contributed by atoms with E-state index < -0.39 is 52.3 Å². The fourth-order valence-electron chi connectivity index (χ4n) is 4.81. The molecule has 9 nitrogen and oxygen atoms in total. The third kappa shape index (κ3) is 3.05. The van der Waals surface area contributed by atoms with E-state index in [-0.39, 0.29) is 16.9 Å². The predicted molar refractivity (Wildman–Crippen MR) is 115 cm³/mol. The summed E-state index contributed by atoms with van der Waals surface area (Å²) in [5.41, 5.74) is 0.570. The van der Waals surface area contributed by atoms with Gasteiger partial charge in [0.05, 0.1) is 28.5 Å². The van der Waals surface area contributed by atoms with Crippen molar-refractivity contribution in [3.63, 3.8) is 0 Å². The molecule has 4 atom stereocenters. The molecule has 0 unspecified atom stereocenters. The Morgan fingerprint density at radius 1 is 1.09 bits per heavy atom. The lowest BCUT2D eigenvalue weighted by molar-refractivity contribution is -0.384. The van der Waals surface area contributed by atoms with Crippen LogP contribution in [0.2, 0.25) is 0 Å². The Hall–Kier alpha value is -4.21. The molecule has 0 aliphatic carbocycles. The number of nitrogens with zero attached hydrogens (tertiary/aromatic N) is 4. The number of aryl methyl sites for hydroxylation is 1. The fourth-order valence-corrected chi connectivity index (χ4v) is 4.81. The molecule has 2 fully saturated rings. The molecule has 33 heavy (non-hydrogen) atoms. The Kier molecular flexibility index (Phi) is 4.66. The normalized spacial score (nSPS) is 25.4. The molecule has 0 saturated carbocycles. The van der Waals surface area contributed by atoms with Crippen LogP contribution in [0, 0.1) is 34.7 Å². The van der Waals surface area contributed by atoms with E-state index in [9.17, 15) is 28.9 Å². The van der Waals surface area contributed by atoms with Crippen molar-refractivity contribution < 1.29 is 23.7 Å². The van der Waals surface area contributed by atoms with E-state index in [0.29, 0.717) is 5.56 Å². The summed E-state index contributed by atoms with van der Waals surface area (Å²) in [7, 11) is 0. The number of non-ortho nitro benzene ring substituents is 1. The number of allylic oxidation sites excluding steroid dienone is 1. The van der Waals surface area contributed by atoms with Gasteiger partial charge >= 0.3 is 0 Å². The van der Waals surface area contributed by atoms with Crippen molar-refractivity contribution in [2.45, 2.75) is 19.0 Å². The number of fused-ring (bicyclic) bond motifs is 3. The third-order valence-corrected chi connectivity index (χ3v) is 6.33. The summed E-state index contributed by atoms with van der Waals surface area (Å²) in [5, 5.41) is 17.0. The summed E-state index contributed by atoms with van der Waals surface area (Å²) in [5.74, 6) is -4.06. The summed E-state index contributed by atoms with van der Waals surface area (Å²) >= 11 is 0. The van der Waals surface area contributed by atoms with E-state index in [2.05, 4.69) is 5.10 Å². The predicted octanol–water partition coefficient (Wildman–Crippen LogP) is 2.64. The zero-order chi connectivity index (χ0) is 23.4. The van der Waals surface area contributed by atoms with Gasteiger partial charge < -0.3 is 0 Å². The number of imide groups is 1. The highest BCUT2D eigenvalue weighted by Crippen LogP contribution is 2.47. The zero-order valence-corrected chi connectivity index (χ0v) is 17.3. The Bertz CT molecular complexity index is 1270. The zero-order valence-electron chi connectivity index (χ0n) is 17.3. The maximum atomic E-state index is 13.6. The molecular weight excluding hydrogens is 431 g/mol. The number of anilines is 1. The number of halogens is 1. The van der Waals surface area contributed by atoms with Crippen LogP contribution in [0.25, 0.3) is 0 Å². The van der Waals surface area contributed by atoms with Gasteiger partial charge in [-0.25, -0.2) is 9.29 Å². The van der Waals surface area contributed by atoms with Crippen LogP contribution in [0.15, 0.2) is 59.7 Å². The lowest BCUT2D eigenvalue weighted by Crippen LogP contribution is -2.46. The van der Waals surface area contributed by atoms with Crippen LogP contribution < -0.4 is 4.90 Å². The van der Waals surface area contributed by atoms with Crippen LogP contribution in [0.4, 0.5) is 15.8 Å². The van der Waals surface area contributed by atoms with Crippen molar-refractivity contribution in [1.82, 2.24) is 5.01 Å². The monoisotopic (exact) mass is 448 g/mol. The van der Waals surface area contributed by atoms with Crippen LogP contribution in [-0.4, -0.2) is 45.8 Å². The van der Waals surface area contributed by atoms with E-state index >= 15 is 0 Å². The molecular formula is C23H17FN4O5. The standard InChI is InChI=1S/C23H17FN4O5/c1-12-4-9-15(28(32)33)11-17(12)26-22(30)18-16-3-2-10-25-27(16)20(19(18)23(26)31)21(29)13-5-7-14(24)8-6-13/h2-11,16,18-20H,1H3/t16-,18+,19+,20-/m0/s1. The van der Waals surface area contributed by atoms with Gasteiger partial charge in [0.1, 0.15) is 11.9 Å². The number of nitro benzene ring substituents is 1. The Balaban J connectivity index is 1.59. The van der Waals surface area contributed by atoms with Crippen LogP contribution >= 0.6 is 0 Å². The van der Waals surface area contributed by atoms with E-state index in [4.69, 9.17) is 0 Å². The molecule has 2 saturated heterocycles. The number of Topliss-reactive ketones (excluding diaryl/α,β-unsaturated/α-hetero) is 1. The summed E-state index contributed by atoms with van der Waals surface area (Å²) < 4.78 is 13.4. The molecule has 2 amide bonds. The molecule has 0 N–H and O–H groups in total. The molecule has 3 heterocycles. The topological polar surface area (TPSA) is 113 Å². The number of rotatable bonds is 4. The third-order valence-electron chi connectivity index (χ3n) is 6.33. The van der Waals surface area contributed by atoms with Gasteiger partial charge in [0.25, 0.3) is 5.69 Å². The van der Waals surface area contributed by atoms with Crippen molar-refractivity contribution in [2.75, 3.05) is 4.90 Å². The van der Waals surface area contributed by atoms with Crippen LogP contribution in [-0.2, 0) is 9.59 Å². The van der Waals surface area contributed by atoms with Crippen molar-refractivity contribution in [3.05, 3.63) is 81.7 Å². The van der Waals surface area contributed by atoms with Crippen molar-refractivity contribution in [1.29, 1.82) is 0 Å². The number of ketones is 1. The molecule has 5 rings (SSSR count). The van der Waals surface area contributed by atoms with Gasteiger partial charge in [-0.2, -0.15) is 5.10 Å². The molecule has 0 bridgehead atoms. The Morgan fingerprint density at radius 3 is 2.48 bits per heavy atom. The number of hydrogen-bond acceptors (Lipinski definition) is 7. The number of hydrogen-bond donors (Lipinski definition) is 0. The average Bonchev–Trinajstić information content (AvgIpc) is 3.27. The number of amides is 2. The first-order valence-electron chi connectivity index (χ1n) is 10.2. The number of nitro groups is 1. The molecule has 0 radical (unpaired) electrons. The first-order valence-corrected chi connectivity index (χ1v) is 10.2. The molecule has 2 aromatic rings. The van der Waals surface area contributed by atoms with Crippen molar-refractivity contribution >= 4 is 35.2 Å². The quantitative estimate of drug-likeness (QED) is 0.308. The van der Waals surface area contributed by atoms with Crippen LogP contribution in [0.3, 0.4) is 0 Å². The summed E-state index contributed by atoms with van der Waals surface area (Å²) in [6.07, 6.45) is 4.82. The summed E-state index contributed by atoms with van der Waals surface area (Å²) in [6, 6.07) is 7.21. The molecule has 166 valence electrons. The van der Waals surface area contributed by atoms with E-state index in [1.165, 1.54) is 41.6 Å². The summed E-state index contributed by atoms with van der Waals surface area (Å²) in [4.78, 5) is 52.1. The molecule has 2 aromatic carbocycles. The van der Waals surface area contributed by atoms with E-state index in [1.54, 1.807) is 19.1 Å². The van der Waals surface area contributed by atoms with Gasteiger partial charge in [-0.15, -0.1) is 0 Å². The second-order valence-electron chi connectivity index (χ2n) is 8.13. The smallest absolute Gasteiger partial charge is 0.271 e. The minimum atomic E-state index is -1.08. The number of hydrazone groups is 1. The maximum Gasteiger partial charge on any atom is 0.271 e. The first-order chi connectivity index (χ1) is 15.8. The van der Waals surface area contributed by atoms with Crippen molar-refractivity contribution in [3.8, 4) is 0 Å². The van der Waals surface area contributed by atoms with E-state index in [1.807, 2.05) is 0 Å². The minimum absolute atomic E-state index is 0.122. The fraction of sp³-hybridized carbons (Fsp3) is 0.217. The molecule has 10 heteroatoms. The number of carbonyl (C=O) groups is 3. The van der Waals surface area contributed by atoms with Gasteiger partial charge in [0.15, 0.2) is 5.78 Å². The molecule has 0 aromatic heterocycles. The number of benzene rings is 2. The van der Waals surface area contributed by atoms with Crippen LogP contribution in [0.5, 0.6) is 0 Å². The highest BCUT2D eigenvalue weighted by Gasteiger charge is 2.64. The Morgan fingerprint density at radius 2 is 1.79 bits per heavy atom. The summed E-state index contributed by atoms with van der Waals surface area (Å²) in [6.45, 7) is 1.64. The molecule has 0 spiro atoms. The Labute approximate surface area is 186 Å². The van der Waals surface area contributed by atoms with Gasteiger partial charge in [-0.3, -0.25) is 29.5 Å². The van der Waals surface area contributed by atoms with Gasteiger partial charge in [0.2, 0.25) is 11.8 Å².